The molecule has 5 nitrogen and oxygen atoms in total. The van der Waals surface area contributed by atoms with Gasteiger partial charge >= 0.3 is 5.51 Å². The lowest BCUT2D eigenvalue weighted by atomic mass is 10.0. The Bertz CT molecular complexity index is 1340. The summed E-state index contributed by atoms with van der Waals surface area (Å²) in [6.07, 6.45) is 0. The van der Waals surface area contributed by atoms with Crippen molar-refractivity contribution < 1.29 is 36.6 Å². The first kappa shape index (κ1) is 26.4. The van der Waals surface area contributed by atoms with Crippen molar-refractivity contribution in [2.24, 2.45) is 0 Å². The summed E-state index contributed by atoms with van der Waals surface area (Å²) in [5, 5.41) is 10.4. The number of phenols is 1. The predicted molar refractivity (Wildman–Crippen MR) is 131 cm³/mol. The zero-order valence-corrected chi connectivity index (χ0v) is 21.5. The highest BCUT2D eigenvalue weighted by Crippen LogP contribution is 2.43. The number of benzene rings is 3. The van der Waals surface area contributed by atoms with Crippen LogP contribution in [0.2, 0.25) is 0 Å². The zero-order chi connectivity index (χ0) is 26.2. The maximum Gasteiger partial charge on any atom is 0.446 e. The van der Waals surface area contributed by atoms with E-state index < -0.39 is 23.0 Å². The number of amides is 1. The minimum atomic E-state index is -4.58. The Morgan fingerprint density at radius 3 is 2.58 bits per heavy atom. The number of halogens is 6. The first-order valence-electron chi connectivity index (χ1n) is 10.2. The van der Waals surface area contributed by atoms with Crippen LogP contribution in [0.25, 0.3) is 11.1 Å². The van der Waals surface area contributed by atoms with Crippen LogP contribution < -0.4 is 9.46 Å². The average molecular weight is 607 g/mol. The van der Waals surface area contributed by atoms with E-state index >= 15 is 0 Å². The minimum absolute atomic E-state index is 0.0233. The van der Waals surface area contributed by atoms with Crippen LogP contribution in [0.1, 0.15) is 10.4 Å². The lowest BCUT2D eigenvalue weighted by molar-refractivity contribution is -0.0328. The smallest absolute Gasteiger partial charge is 0.446 e. The second-order valence-electron chi connectivity index (χ2n) is 7.60. The number of hydrogen-bond acceptors (Lipinski definition) is 6. The highest BCUT2D eigenvalue weighted by atomic mass is 79.9. The average Bonchev–Trinajstić information content (AvgIpc) is 2.79. The van der Waals surface area contributed by atoms with Gasteiger partial charge in [-0.2, -0.15) is 13.2 Å². The normalized spacial score (nSPS) is 14.3. The molecule has 4 bridgehead atoms. The van der Waals surface area contributed by atoms with E-state index in [-0.39, 0.29) is 73.1 Å². The second kappa shape index (κ2) is 10.4. The van der Waals surface area contributed by atoms with Crippen molar-refractivity contribution in [3.05, 3.63) is 64.1 Å². The van der Waals surface area contributed by atoms with Crippen molar-refractivity contribution in [2.75, 3.05) is 24.9 Å². The van der Waals surface area contributed by atoms with Gasteiger partial charge in [0.1, 0.15) is 29.7 Å². The van der Waals surface area contributed by atoms with Gasteiger partial charge in [-0.1, -0.05) is 0 Å². The van der Waals surface area contributed by atoms with Crippen molar-refractivity contribution in [1.29, 1.82) is 0 Å². The molecule has 13 heteroatoms. The summed E-state index contributed by atoms with van der Waals surface area (Å²) in [4.78, 5) is 14.2. The fraction of sp³-hybridized carbons (Fsp3) is 0.174. The molecule has 1 aliphatic heterocycles. The third-order valence-corrected chi connectivity index (χ3v) is 7.29. The topological polar surface area (TPSA) is 61.8 Å². The van der Waals surface area contributed by atoms with E-state index in [1.54, 1.807) is 0 Å². The lowest BCUT2D eigenvalue weighted by Crippen LogP contribution is -2.31. The number of carbonyl (C=O) groups excluding carboxylic acids is 1. The Labute approximate surface area is 219 Å². The predicted octanol–water partition coefficient (Wildman–Crippen LogP) is 7.30. The number of anilines is 1. The number of ether oxygens (including phenoxy) is 1. The lowest BCUT2D eigenvalue weighted by Gasteiger charge is -2.19. The van der Waals surface area contributed by atoms with Gasteiger partial charge in [0.25, 0.3) is 5.91 Å². The van der Waals surface area contributed by atoms with Crippen molar-refractivity contribution in [3.63, 3.8) is 0 Å². The molecule has 0 radical (unpaired) electrons. The van der Waals surface area contributed by atoms with Crippen molar-refractivity contribution in [1.82, 2.24) is 4.90 Å². The number of hydrogen-bond donors (Lipinski definition) is 2. The molecular formula is C23H16BrF5N2O3S2. The van der Waals surface area contributed by atoms with Crippen LogP contribution in [0, 0.1) is 11.6 Å². The molecule has 0 aromatic heterocycles. The molecule has 1 heterocycles. The molecule has 190 valence electrons. The summed E-state index contributed by atoms with van der Waals surface area (Å²) in [5.74, 6) is -2.53. The van der Waals surface area contributed by atoms with E-state index in [0.717, 1.165) is 24.1 Å². The molecule has 1 amide bonds. The number of nitrogens with zero attached hydrogens (tertiary/aromatic N) is 1. The highest BCUT2D eigenvalue weighted by Gasteiger charge is 2.30. The van der Waals surface area contributed by atoms with Crippen LogP contribution >= 0.6 is 39.6 Å². The molecule has 1 aliphatic rings. The molecule has 4 rings (SSSR count). The number of likely N-dealkylation sites (N-methyl/N-ethyl adjacent to an activating group) is 1. The van der Waals surface area contributed by atoms with Crippen molar-refractivity contribution >= 4 is 51.2 Å². The van der Waals surface area contributed by atoms with Crippen LogP contribution in [0.4, 0.5) is 27.6 Å². The molecule has 3 aromatic rings. The van der Waals surface area contributed by atoms with Gasteiger partial charge in [-0.25, -0.2) is 8.78 Å². The monoisotopic (exact) mass is 606 g/mol. The standard InChI is InChI=1S/C23H16BrF5N2O3S2/c1-31-4-5-34-19-3-2-12(35-23(27,28)29)8-14(19)13-9-18(17(26)10-16(13)25)30-36-20-7-11(22(31)33)6-15(24)21(20)32/h2-3,6-10,30,32H,4-5H2,1H3. The SMILES string of the molecule is CN1CCOc2ccc(SC(F)(F)F)cc2-c2cc(c(F)cc2F)NSc2cc(cc(Br)c2O)C1=O. The summed E-state index contributed by atoms with van der Waals surface area (Å²) in [6.45, 7) is 0.0312. The third-order valence-electron chi connectivity index (χ3n) is 5.11. The van der Waals surface area contributed by atoms with E-state index in [2.05, 4.69) is 20.7 Å². The van der Waals surface area contributed by atoms with Crippen LogP contribution in [-0.2, 0) is 0 Å². The van der Waals surface area contributed by atoms with Crippen LogP contribution in [0.15, 0.2) is 56.7 Å². The Morgan fingerprint density at radius 1 is 1.11 bits per heavy atom. The Balaban J connectivity index is 1.84. The molecule has 0 fully saturated rings. The molecule has 0 unspecified atom stereocenters. The van der Waals surface area contributed by atoms with Gasteiger partial charge < -0.3 is 19.5 Å². The van der Waals surface area contributed by atoms with Gasteiger partial charge in [0.2, 0.25) is 0 Å². The number of alkyl halides is 3. The van der Waals surface area contributed by atoms with Crippen LogP contribution in [0.3, 0.4) is 0 Å². The molecule has 0 saturated heterocycles. The molecule has 3 aromatic carbocycles. The fourth-order valence-electron chi connectivity index (χ4n) is 3.38. The molecular weight excluding hydrogens is 591 g/mol. The summed E-state index contributed by atoms with van der Waals surface area (Å²) in [5.41, 5.74) is -4.76. The largest absolute Gasteiger partial charge is 0.506 e. The van der Waals surface area contributed by atoms with E-state index in [9.17, 15) is 31.9 Å². The summed E-state index contributed by atoms with van der Waals surface area (Å²) in [7, 11) is 1.53. The van der Waals surface area contributed by atoms with Crippen molar-refractivity contribution in [3.8, 4) is 22.6 Å². The number of phenolic OH excluding ortho intramolecular Hbond substituents is 1. The fourth-order valence-corrected chi connectivity index (χ4v) is 5.32. The first-order valence-corrected chi connectivity index (χ1v) is 12.6. The molecule has 0 aliphatic carbocycles. The minimum Gasteiger partial charge on any atom is -0.506 e. The van der Waals surface area contributed by atoms with Crippen LogP contribution in [0.5, 0.6) is 11.5 Å². The van der Waals surface area contributed by atoms with E-state index in [4.69, 9.17) is 4.74 Å². The summed E-state index contributed by atoms with van der Waals surface area (Å²) < 4.78 is 77.1. The third kappa shape index (κ3) is 5.84. The van der Waals surface area contributed by atoms with Gasteiger partial charge in [0.05, 0.1) is 21.6 Å². The van der Waals surface area contributed by atoms with Gasteiger partial charge in [-0.05, 0) is 76.0 Å². The molecule has 2 N–H and O–H groups in total. The summed E-state index contributed by atoms with van der Waals surface area (Å²) >= 11 is 3.59. The second-order valence-corrected chi connectivity index (χ2v) is 10.4. The van der Waals surface area contributed by atoms with Gasteiger partial charge in [0.15, 0.2) is 0 Å². The molecule has 0 atom stereocenters. The number of carbonyl (C=O) groups is 1. The summed E-state index contributed by atoms with van der Waals surface area (Å²) in [6, 6.07) is 8.12. The van der Waals surface area contributed by atoms with Gasteiger partial charge in [0, 0.05) is 34.7 Å². The van der Waals surface area contributed by atoms with Gasteiger partial charge in [-0.15, -0.1) is 0 Å². The Morgan fingerprint density at radius 2 is 1.86 bits per heavy atom. The maximum atomic E-state index is 14.9. The molecule has 36 heavy (non-hydrogen) atoms. The number of fused-ring (bicyclic) bond motifs is 6. The number of aromatic hydroxyl groups is 1. The maximum absolute atomic E-state index is 14.9. The first-order chi connectivity index (χ1) is 16.9. The molecule has 0 spiro atoms. The number of rotatable bonds is 1. The van der Waals surface area contributed by atoms with E-state index in [1.807, 2.05) is 0 Å². The molecule has 0 saturated carbocycles. The Kier molecular flexibility index (Phi) is 7.62. The van der Waals surface area contributed by atoms with Crippen molar-refractivity contribution in [2.45, 2.75) is 15.3 Å². The number of thioether (sulfide) groups is 1. The highest BCUT2D eigenvalue weighted by molar-refractivity contribution is 9.10. The number of nitrogens with one attached hydrogen (secondary N) is 1. The Hall–Kier alpha value is -2.64. The van der Waals surface area contributed by atoms with E-state index in [1.165, 1.54) is 36.2 Å². The van der Waals surface area contributed by atoms with Gasteiger partial charge in [-0.3, -0.25) is 4.79 Å². The van der Waals surface area contributed by atoms with E-state index in [0.29, 0.717) is 6.07 Å². The zero-order valence-electron chi connectivity index (χ0n) is 18.3. The quantitative estimate of drug-likeness (QED) is 0.172. The van der Waals surface area contributed by atoms with Crippen LogP contribution in [-0.4, -0.2) is 41.6 Å².